The first-order valence-electron chi connectivity index (χ1n) is 1.40. The molecule has 7 heavy (non-hydrogen) atoms. The quantitative estimate of drug-likeness (QED) is 0.348. The molecule has 4 nitrogen and oxygen atoms in total. The molecule has 0 fully saturated rings. The minimum atomic E-state index is -2.87. The molecule has 0 aromatic rings. The Hall–Kier alpha value is -0.310. The van der Waals surface area contributed by atoms with Crippen molar-refractivity contribution in [3.05, 3.63) is 0 Å². The summed E-state index contributed by atoms with van der Waals surface area (Å²) in [5, 5.41) is 0. The van der Waals surface area contributed by atoms with Crippen LogP contribution in [-0.4, -0.2) is 16.1 Å². The van der Waals surface area contributed by atoms with Gasteiger partial charge in [0.15, 0.2) is 0 Å². The molecule has 0 spiro atoms. The van der Waals surface area contributed by atoms with Crippen molar-refractivity contribution in [2.45, 2.75) is 6.92 Å². The van der Waals surface area contributed by atoms with Crippen molar-refractivity contribution in [2.75, 3.05) is 0 Å². The summed E-state index contributed by atoms with van der Waals surface area (Å²) in [4.78, 5) is 23.0. The van der Waals surface area contributed by atoms with Gasteiger partial charge in [-0.2, -0.15) is 0 Å². The zero-order valence-electron chi connectivity index (χ0n) is 3.74. The Morgan fingerprint density at radius 3 is 1.57 bits per heavy atom. The normalized spacial score (nSPS) is 5.57. The average Bonchev–Trinajstić information content (AvgIpc) is 1.33. The van der Waals surface area contributed by atoms with Crippen molar-refractivity contribution >= 4 is 14.5 Å². The fraction of sp³-hybridized carbons (Fsp3) is 0.500. The van der Waals surface area contributed by atoms with E-state index in [2.05, 4.69) is 0 Å². The molecule has 0 aliphatic carbocycles. The van der Waals surface area contributed by atoms with E-state index in [1.807, 2.05) is 0 Å². The van der Waals surface area contributed by atoms with E-state index in [-0.39, 0.29) is 0 Å². The van der Waals surface area contributed by atoms with Gasteiger partial charge in [-0.05, 0) is 6.92 Å². The molecule has 0 unspecified atom stereocenters. The van der Waals surface area contributed by atoms with E-state index in [4.69, 9.17) is 19.1 Å². The Morgan fingerprint density at radius 2 is 1.57 bits per heavy atom. The van der Waals surface area contributed by atoms with Crippen molar-refractivity contribution < 1.29 is 19.1 Å². The zero-order valence-corrected chi connectivity index (χ0v) is 4.63. The lowest BCUT2D eigenvalue weighted by Gasteiger charge is -1.34. The predicted molar refractivity (Wildman–Crippen MR) is 23.8 cm³/mol. The van der Waals surface area contributed by atoms with Crippen molar-refractivity contribution in [2.24, 2.45) is 0 Å². The van der Waals surface area contributed by atoms with Crippen LogP contribution in [0.1, 0.15) is 6.92 Å². The molecule has 0 aliphatic heterocycles. The molecule has 0 rings (SSSR count). The van der Waals surface area contributed by atoms with Gasteiger partial charge in [-0.15, -0.1) is 9.79 Å². The molecule has 0 saturated carbocycles. The topological polar surface area (TPSA) is 74.6 Å². The van der Waals surface area contributed by atoms with Crippen LogP contribution in [0.2, 0.25) is 0 Å². The van der Waals surface area contributed by atoms with Crippen LogP contribution in [-0.2, 0) is 9.36 Å². The Bertz CT molecular complexity index is 56.7. The summed E-state index contributed by atoms with van der Waals surface area (Å²) in [7, 11) is -2.87. The molecule has 42 valence electrons. The van der Waals surface area contributed by atoms with Gasteiger partial charge < -0.3 is 4.79 Å². The molecular formula is C2H6O4P+. The molecule has 5 heteroatoms. The van der Waals surface area contributed by atoms with Gasteiger partial charge in [-0.3, -0.25) is 0 Å². The number of aldehydes is 1. The fourth-order valence-electron chi connectivity index (χ4n) is 0. The van der Waals surface area contributed by atoms with E-state index >= 15 is 0 Å². The van der Waals surface area contributed by atoms with E-state index in [0.717, 1.165) is 6.29 Å². The number of hydrogen-bond donors (Lipinski definition) is 2. The van der Waals surface area contributed by atoms with Crippen LogP contribution in [0.15, 0.2) is 0 Å². The van der Waals surface area contributed by atoms with Crippen LogP contribution < -0.4 is 0 Å². The van der Waals surface area contributed by atoms with Crippen LogP contribution in [0.25, 0.3) is 0 Å². The number of carbonyl (C=O) groups excluding carboxylic acids is 1. The molecule has 0 bridgehead atoms. The van der Waals surface area contributed by atoms with Gasteiger partial charge in [0.25, 0.3) is 0 Å². The van der Waals surface area contributed by atoms with Gasteiger partial charge in [0.2, 0.25) is 0 Å². The lowest BCUT2D eigenvalue weighted by molar-refractivity contribution is -0.106. The molecular weight excluding hydrogens is 119 g/mol. The minimum Gasteiger partial charge on any atom is -0.304 e. The van der Waals surface area contributed by atoms with Gasteiger partial charge in [-0.1, -0.05) is 0 Å². The van der Waals surface area contributed by atoms with Gasteiger partial charge in [-0.25, -0.2) is 0 Å². The predicted octanol–water partition coefficient (Wildman–Crippen LogP) is -0.166. The monoisotopic (exact) mass is 125 g/mol. The van der Waals surface area contributed by atoms with E-state index < -0.39 is 8.25 Å². The Morgan fingerprint density at radius 1 is 1.57 bits per heavy atom. The number of rotatable bonds is 0. The standard InChI is InChI=1S/C2H4O.HO3P/c1-2-3;1-4(2)3/h2H,1H3;(H-,1,2,3)/p+1. The lowest BCUT2D eigenvalue weighted by Crippen LogP contribution is -1.38. The van der Waals surface area contributed by atoms with E-state index in [1.165, 1.54) is 6.92 Å². The van der Waals surface area contributed by atoms with Crippen molar-refractivity contribution in [1.82, 2.24) is 0 Å². The summed E-state index contributed by atoms with van der Waals surface area (Å²) in [5.74, 6) is 0. The number of hydrogen-bond acceptors (Lipinski definition) is 2. The third kappa shape index (κ3) is 806. The molecule has 0 aliphatic rings. The summed E-state index contributed by atoms with van der Waals surface area (Å²) in [6.45, 7) is 1.44. The van der Waals surface area contributed by atoms with Crippen LogP contribution in [0, 0.1) is 0 Å². The van der Waals surface area contributed by atoms with E-state index in [9.17, 15) is 0 Å². The van der Waals surface area contributed by atoms with Gasteiger partial charge in [0.1, 0.15) is 6.29 Å². The summed E-state index contributed by atoms with van der Waals surface area (Å²) in [6.07, 6.45) is 0.750. The van der Waals surface area contributed by atoms with Crippen molar-refractivity contribution in [3.8, 4) is 0 Å². The van der Waals surface area contributed by atoms with Crippen molar-refractivity contribution in [3.63, 3.8) is 0 Å². The second kappa shape index (κ2) is 9.19. The van der Waals surface area contributed by atoms with Crippen LogP contribution >= 0.6 is 8.25 Å². The number of carbonyl (C=O) groups is 1. The fourth-order valence-corrected chi connectivity index (χ4v) is 0. The first-order chi connectivity index (χ1) is 3.15. The third-order valence-corrected chi connectivity index (χ3v) is 0. The minimum absolute atomic E-state index is 0.750. The second-order valence-corrected chi connectivity index (χ2v) is 0.994. The van der Waals surface area contributed by atoms with Crippen LogP contribution in [0.4, 0.5) is 0 Å². The highest BCUT2D eigenvalue weighted by Gasteiger charge is 1.93. The molecule has 2 N–H and O–H groups in total. The maximum atomic E-state index is 8.81. The molecule has 0 heterocycles. The van der Waals surface area contributed by atoms with Gasteiger partial charge in [0.05, 0.1) is 0 Å². The lowest BCUT2D eigenvalue weighted by atomic mass is 11.0. The zero-order chi connectivity index (χ0) is 6.28. The SMILES string of the molecule is CC=O.O=[P+](O)O. The molecule has 0 saturated heterocycles. The molecule has 0 radical (unpaired) electrons. The molecule has 0 aromatic carbocycles. The maximum absolute atomic E-state index is 8.81. The van der Waals surface area contributed by atoms with E-state index in [0.29, 0.717) is 0 Å². The molecule has 0 atom stereocenters. The highest BCUT2D eigenvalue weighted by Crippen LogP contribution is 1.98. The summed E-state index contributed by atoms with van der Waals surface area (Å²) < 4.78 is 8.70. The molecule has 0 aromatic heterocycles. The average molecular weight is 125 g/mol. The maximum Gasteiger partial charge on any atom is 0.692 e. The largest absolute Gasteiger partial charge is 0.692 e. The Balaban J connectivity index is 0. The van der Waals surface area contributed by atoms with Crippen LogP contribution in [0.5, 0.6) is 0 Å². The first kappa shape index (κ1) is 9.85. The van der Waals surface area contributed by atoms with Gasteiger partial charge in [0, 0.05) is 4.57 Å². The highest BCUT2D eigenvalue weighted by atomic mass is 31.1. The second-order valence-electron chi connectivity index (χ2n) is 0.488. The Labute approximate surface area is 41.7 Å². The third-order valence-electron chi connectivity index (χ3n) is 0. The highest BCUT2D eigenvalue weighted by molar-refractivity contribution is 7.30. The summed E-state index contributed by atoms with van der Waals surface area (Å²) in [5.41, 5.74) is 0. The van der Waals surface area contributed by atoms with Crippen LogP contribution in [0.3, 0.4) is 0 Å². The van der Waals surface area contributed by atoms with Gasteiger partial charge >= 0.3 is 8.25 Å². The smallest absolute Gasteiger partial charge is 0.304 e. The Kier molecular flexibility index (Phi) is 12.9. The summed E-state index contributed by atoms with van der Waals surface area (Å²) >= 11 is 0. The van der Waals surface area contributed by atoms with E-state index in [1.54, 1.807) is 0 Å². The van der Waals surface area contributed by atoms with Crippen molar-refractivity contribution in [1.29, 1.82) is 0 Å². The first-order valence-corrected chi connectivity index (χ1v) is 2.56. The summed E-state index contributed by atoms with van der Waals surface area (Å²) in [6, 6.07) is 0. The molecule has 0 amide bonds.